The number of carbonyl (C=O) groups is 3. The Hall–Kier alpha value is -3.25. The van der Waals surface area contributed by atoms with Crippen LogP contribution in [0.5, 0.6) is 5.75 Å². The molecule has 2 rings (SSSR count). The Morgan fingerprint density at radius 1 is 0.968 bits per heavy atom. The van der Waals surface area contributed by atoms with Crippen LogP contribution >= 0.6 is 0 Å². The number of esters is 3. The Balaban J connectivity index is 2.36. The van der Waals surface area contributed by atoms with Gasteiger partial charge in [0.15, 0.2) is 6.10 Å². The lowest BCUT2D eigenvalue weighted by Gasteiger charge is -2.44. The van der Waals surface area contributed by atoms with Gasteiger partial charge < -0.3 is 28.4 Å². The van der Waals surface area contributed by atoms with Crippen LogP contribution in [-0.2, 0) is 38.1 Å². The molecule has 12 nitrogen and oxygen atoms in total. The van der Waals surface area contributed by atoms with Gasteiger partial charge in [-0.15, -0.1) is 0 Å². The molecule has 1 heterocycles. The molecule has 12 heteroatoms. The van der Waals surface area contributed by atoms with E-state index in [9.17, 15) is 24.5 Å². The Kier molecular flexibility index (Phi) is 8.28. The predicted octanol–water partition coefficient (Wildman–Crippen LogP) is 1.14. The molecule has 0 radical (unpaired) electrons. The standard InChI is InChI=1S/C19H23NO11/c1-10(21)27-9-15-16(26-4)17(28-11(2)22)18(29-12(3)23)19(31-15)30-14-7-5-13(6-8-14)20(24)25/h5-8,15-19H,9H2,1-4H3/t15-,16-,17+,18+,19+/m1/s1. The summed E-state index contributed by atoms with van der Waals surface area (Å²) < 4.78 is 32.6. The number of rotatable bonds is 8. The summed E-state index contributed by atoms with van der Waals surface area (Å²) in [7, 11) is 1.33. The maximum absolute atomic E-state index is 11.7. The molecule has 0 bridgehead atoms. The van der Waals surface area contributed by atoms with Crippen LogP contribution < -0.4 is 4.74 Å². The normalized spacial score (nSPS) is 25.2. The van der Waals surface area contributed by atoms with Crippen LogP contribution in [0.3, 0.4) is 0 Å². The lowest BCUT2D eigenvalue weighted by atomic mass is 9.98. The zero-order valence-electron chi connectivity index (χ0n) is 17.3. The van der Waals surface area contributed by atoms with E-state index in [1.165, 1.54) is 45.2 Å². The van der Waals surface area contributed by atoms with Gasteiger partial charge in [-0.3, -0.25) is 24.5 Å². The molecule has 0 amide bonds. The lowest BCUT2D eigenvalue weighted by molar-refractivity contribution is -0.384. The first-order chi connectivity index (χ1) is 14.6. The zero-order chi connectivity index (χ0) is 23.1. The molecule has 1 aromatic carbocycles. The number of hydrogen-bond acceptors (Lipinski definition) is 11. The van der Waals surface area contributed by atoms with Crippen LogP contribution in [0.25, 0.3) is 0 Å². The largest absolute Gasteiger partial charge is 0.463 e. The highest BCUT2D eigenvalue weighted by molar-refractivity contribution is 5.67. The van der Waals surface area contributed by atoms with Crippen molar-refractivity contribution in [2.24, 2.45) is 0 Å². The first kappa shape index (κ1) is 24.0. The molecule has 0 aliphatic carbocycles. The first-order valence-electron chi connectivity index (χ1n) is 9.19. The number of nitrogens with zero attached hydrogens (tertiary/aromatic N) is 1. The third kappa shape index (κ3) is 6.62. The summed E-state index contributed by atoms with van der Waals surface area (Å²) in [5.41, 5.74) is -0.154. The smallest absolute Gasteiger partial charge is 0.303 e. The van der Waals surface area contributed by atoms with Crippen molar-refractivity contribution in [3.8, 4) is 5.75 Å². The summed E-state index contributed by atoms with van der Waals surface area (Å²) in [4.78, 5) is 44.9. The van der Waals surface area contributed by atoms with Gasteiger partial charge in [-0.25, -0.2) is 0 Å². The molecule has 1 aliphatic heterocycles. The van der Waals surface area contributed by atoms with E-state index in [1.807, 2.05) is 0 Å². The maximum atomic E-state index is 11.7. The summed E-state index contributed by atoms with van der Waals surface area (Å²) >= 11 is 0. The predicted molar refractivity (Wildman–Crippen MR) is 101 cm³/mol. The van der Waals surface area contributed by atoms with Gasteiger partial charge in [0.25, 0.3) is 5.69 Å². The highest BCUT2D eigenvalue weighted by Gasteiger charge is 2.52. The van der Waals surface area contributed by atoms with Gasteiger partial charge in [-0.2, -0.15) is 0 Å². The molecule has 0 unspecified atom stereocenters. The summed E-state index contributed by atoms with van der Waals surface area (Å²) in [5, 5.41) is 10.8. The van der Waals surface area contributed by atoms with Gasteiger partial charge in [-0.1, -0.05) is 0 Å². The maximum Gasteiger partial charge on any atom is 0.303 e. The molecular formula is C19H23NO11. The van der Waals surface area contributed by atoms with Gasteiger partial charge in [0.1, 0.15) is 24.6 Å². The molecule has 0 saturated carbocycles. The minimum absolute atomic E-state index is 0.154. The van der Waals surface area contributed by atoms with Crippen molar-refractivity contribution in [3.05, 3.63) is 34.4 Å². The van der Waals surface area contributed by atoms with E-state index in [1.54, 1.807) is 0 Å². The van der Waals surface area contributed by atoms with Crippen molar-refractivity contribution in [2.45, 2.75) is 51.5 Å². The van der Waals surface area contributed by atoms with E-state index < -0.39 is 53.5 Å². The van der Waals surface area contributed by atoms with E-state index >= 15 is 0 Å². The minimum Gasteiger partial charge on any atom is -0.463 e. The number of nitro groups is 1. The fraction of sp³-hybridized carbons (Fsp3) is 0.526. The molecule has 170 valence electrons. The van der Waals surface area contributed by atoms with Gasteiger partial charge >= 0.3 is 17.9 Å². The Bertz CT molecular complexity index is 810. The number of nitro benzene ring substituents is 1. The van der Waals surface area contributed by atoms with Crippen LogP contribution in [0.1, 0.15) is 20.8 Å². The molecule has 1 aromatic rings. The van der Waals surface area contributed by atoms with E-state index in [0.717, 1.165) is 6.92 Å². The fourth-order valence-electron chi connectivity index (χ4n) is 3.02. The SMILES string of the molecule is CO[C@H]1[C@H](OC(C)=O)[C@H](OC(C)=O)[C@@H](Oc2ccc([N+](=O)[O-])cc2)O[C@@H]1COC(C)=O. The quantitative estimate of drug-likeness (QED) is 0.247. The molecule has 0 aromatic heterocycles. The van der Waals surface area contributed by atoms with Gasteiger partial charge in [0, 0.05) is 40.0 Å². The Labute approximate surface area is 177 Å². The molecular weight excluding hydrogens is 418 g/mol. The van der Waals surface area contributed by atoms with Crippen molar-refractivity contribution in [2.75, 3.05) is 13.7 Å². The first-order valence-corrected chi connectivity index (χ1v) is 9.19. The molecule has 1 aliphatic rings. The topological polar surface area (TPSA) is 150 Å². The molecule has 0 spiro atoms. The lowest BCUT2D eigenvalue weighted by Crippen LogP contribution is -2.63. The number of hydrogen-bond donors (Lipinski definition) is 0. The van der Waals surface area contributed by atoms with Crippen molar-refractivity contribution in [1.29, 1.82) is 0 Å². The Morgan fingerprint density at radius 2 is 1.55 bits per heavy atom. The molecule has 0 N–H and O–H groups in total. The zero-order valence-corrected chi connectivity index (χ0v) is 17.3. The average molecular weight is 441 g/mol. The fourth-order valence-corrected chi connectivity index (χ4v) is 3.02. The van der Waals surface area contributed by atoms with Crippen LogP contribution in [0, 0.1) is 10.1 Å². The van der Waals surface area contributed by atoms with Crippen LogP contribution in [-0.4, -0.2) is 67.3 Å². The molecule has 1 saturated heterocycles. The summed E-state index contributed by atoms with van der Waals surface area (Å²) in [6.45, 7) is 3.28. The third-order valence-corrected chi connectivity index (χ3v) is 4.22. The average Bonchev–Trinajstić information content (AvgIpc) is 2.68. The molecule has 1 fully saturated rings. The second kappa shape index (κ2) is 10.7. The third-order valence-electron chi connectivity index (χ3n) is 4.22. The van der Waals surface area contributed by atoms with Crippen molar-refractivity contribution < 1.29 is 47.7 Å². The van der Waals surface area contributed by atoms with E-state index in [-0.39, 0.29) is 18.0 Å². The van der Waals surface area contributed by atoms with Crippen molar-refractivity contribution >= 4 is 23.6 Å². The number of non-ortho nitro benzene ring substituents is 1. The Morgan fingerprint density at radius 3 is 2.03 bits per heavy atom. The second-order valence-electron chi connectivity index (χ2n) is 6.56. The highest BCUT2D eigenvalue weighted by atomic mass is 16.7. The summed E-state index contributed by atoms with van der Waals surface area (Å²) in [6, 6.07) is 5.10. The van der Waals surface area contributed by atoms with Gasteiger partial charge in [0.2, 0.25) is 12.4 Å². The minimum atomic E-state index is -1.30. The van der Waals surface area contributed by atoms with Crippen molar-refractivity contribution in [1.82, 2.24) is 0 Å². The van der Waals surface area contributed by atoms with Crippen molar-refractivity contribution in [3.63, 3.8) is 0 Å². The highest BCUT2D eigenvalue weighted by Crippen LogP contribution is 2.31. The van der Waals surface area contributed by atoms with Gasteiger partial charge in [-0.05, 0) is 12.1 Å². The van der Waals surface area contributed by atoms with E-state index in [4.69, 9.17) is 28.4 Å². The number of ether oxygens (including phenoxy) is 6. The second-order valence-corrected chi connectivity index (χ2v) is 6.56. The monoisotopic (exact) mass is 441 g/mol. The van der Waals surface area contributed by atoms with Crippen LogP contribution in [0.2, 0.25) is 0 Å². The number of benzene rings is 1. The number of methoxy groups -OCH3 is 1. The van der Waals surface area contributed by atoms with Gasteiger partial charge in [0.05, 0.1) is 4.92 Å². The van der Waals surface area contributed by atoms with E-state index in [0.29, 0.717) is 0 Å². The molecule has 5 atom stereocenters. The van der Waals surface area contributed by atoms with E-state index in [2.05, 4.69) is 0 Å². The van der Waals surface area contributed by atoms with Crippen LogP contribution in [0.15, 0.2) is 24.3 Å². The number of carbonyl (C=O) groups excluding carboxylic acids is 3. The molecule has 31 heavy (non-hydrogen) atoms. The summed E-state index contributed by atoms with van der Waals surface area (Å²) in [5.74, 6) is -1.78. The van der Waals surface area contributed by atoms with Crippen LogP contribution in [0.4, 0.5) is 5.69 Å². The summed E-state index contributed by atoms with van der Waals surface area (Å²) in [6.07, 6.45) is -5.59.